The smallest absolute Gasteiger partial charge is 0.137 e. The predicted octanol–water partition coefficient (Wildman–Crippen LogP) is 1.75. The molecule has 2 aromatic rings. The molecule has 0 unspecified atom stereocenters. The first-order valence-electron chi connectivity index (χ1n) is 5.87. The van der Waals surface area contributed by atoms with E-state index in [1.165, 1.54) is 16.7 Å². The second-order valence-corrected chi connectivity index (χ2v) is 4.22. The Kier molecular flexibility index (Phi) is 3.88. The molecule has 4 heteroatoms. The zero-order valence-corrected chi connectivity index (χ0v) is 10.3. The number of H-pyrrole nitrogens is 1. The van der Waals surface area contributed by atoms with Crippen LogP contribution in [0.2, 0.25) is 0 Å². The predicted molar refractivity (Wildman–Crippen MR) is 67.7 cm³/mol. The van der Waals surface area contributed by atoms with Gasteiger partial charge in [0.05, 0.1) is 0 Å². The van der Waals surface area contributed by atoms with E-state index in [1.54, 1.807) is 6.33 Å². The Morgan fingerprint density at radius 3 is 2.94 bits per heavy atom. The van der Waals surface area contributed by atoms with Crippen LogP contribution >= 0.6 is 0 Å². The van der Waals surface area contributed by atoms with E-state index in [2.05, 4.69) is 52.5 Å². The lowest BCUT2D eigenvalue weighted by molar-refractivity contribution is 0.669. The van der Waals surface area contributed by atoms with Crippen molar-refractivity contribution in [2.24, 2.45) is 0 Å². The molecule has 0 atom stereocenters. The van der Waals surface area contributed by atoms with Crippen molar-refractivity contribution < 1.29 is 0 Å². The molecular formula is C13H18N4. The fourth-order valence-corrected chi connectivity index (χ4v) is 1.78. The maximum atomic E-state index is 4.09. The quantitative estimate of drug-likeness (QED) is 0.769. The number of benzene rings is 1. The van der Waals surface area contributed by atoms with Crippen LogP contribution < -0.4 is 5.32 Å². The summed E-state index contributed by atoms with van der Waals surface area (Å²) in [6.07, 6.45) is 2.42. The largest absolute Gasteiger partial charge is 0.312 e. The molecule has 0 saturated carbocycles. The molecule has 0 aliphatic rings. The molecule has 90 valence electrons. The Labute approximate surface area is 101 Å². The van der Waals surface area contributed by atoms with E-state index in [1.807, 2.05) is 0 Å². The minimum atomic E-state index is 0.880. The molecule has 0 radical (unpaired) electrons. The Balaban J connectivity index is 1.80. The van der Waals surface area contributed by atoms with Crippen molar-refractivity contribution in [2.75, 3.05) is 6.54 Å². The summed E-state index contributed by atoms with van der Waals surface area (Å²) in [4.78, 5) is 4.09. The summed E-state index contributed by atoms with van der Waals surface area (Å²) in [6.45, 7) is 6.13. The van der Waals surface area contributed by atoms with Gasteiger partial charge in [-0.1, -0.05) is 18.2 Å². The van der Waals surface area contributed by atoms with Gasteiger partial charge in [-0.3, -0.25) is 5.10 Å². The number of hydrogen-bond acceptors (Lipinski definition) is 3. The molecule has 0 saturated heterocycles. The molecule has 0 aliphatic heterocycles. The maximum Gasteiger partial charge on any atom is 0.137 e. The third-order valence-corrected chi connectivity index (χ3v) is 3.04. The van der Waals surface area contributed by atoms with Gasteiger partial charge in [0, 0.05) is 19.5 Å². The Morgan fingerprint density at radius 1 is 1.29 bits per heavy atom. The first-order valence-corrected chi connectivity index (χ1v) is 5.87. The minimum absolute atomic E-state index is 0.880. The van der Waals surface area contributed by atoms with Gasteiger partial charge in [-0.05, 0) is 30.5 Å². The molecule has 1 aromatic carbocycles. The molecule has 0 aliphatic carbocycles. The van der Waals surface area contributed by atoms with Crippen LogP contribution in [0.4, 0.5) is 0 Å². The Hall–Kier alpha value is -1.68. The lowest BCUT2D eigenvalue weighted by Gasteiger charge is -2.09. The molecule has 17 heavy (non-hydrogen) atoms. The molecule has 2 rings (SSSR count). The zero-order chi connectivity index (χ0) is 12.1. The lowest BCUT2D eigenvalue weighted by Crippen LogP contribution is -2.18. The SMILES string of the molecule is Cc1cccc(CNCCc2ncn[nH]2)c1C. The number of nitrogens with zero attached hydrogens (tertiary/aromatic N) is 2. The first kappa shape index (κ1) is 11.8. The van der Waals surface area contributed by atoms with Gasteiger partial charge in [0.1, 0.15) is 12.2 Å². The Morgan fingerprint density at radius 2 is 2.18 bits per heavy atom. The van der Waals surface area contributed by atoms with Gasteiger partial charge in [0.2, 0.25) is 0 Å². The topological polar surface area (TPSA) is 53.6 Å². The summed E-state index contributed by atoms with van der Waals surface area (Å²) in [6, 6.07) is 6.42. The molecule has 4 nitrogen and oxygen atoms in total. The van der Waals surface area contributed by atoms with Crippen molar-refractivity contribution in [2.45, 2.75) is 26.8 Å². The van der Waals surface area contributed by atoms with Crippen molar-refractivity contribution in [3.8, 4) is 0 Å². The van der Waals surface area contributed by atoms with E-state index in [0.717, 1.165) is 25.3 Å². The van der Waals surface area contributed by atoms with Gasteiger partial charge < -0.3 is 5.32 Å². The van der Waals surface area contributed by atoms with Gasteiger partial charge in [-0.2, -0.15) is 5.10 Å². The van der Waals surface area contributed by atoms with Gasteiger partial charge >= 0.3 is 0 Å². The molecule has 0 fully saturated rings. The summed E-state index contributed by atoms with van der Waals surface area (Å²) in [7, 11) is 0. The van der Waals surface area contributed by atoms with Crippen LogP contribution in [0.5, 0.6) is 0 Å². The highest BCUT2D eigenvalue weighted by molar-refractivity contribution is 5.32. The summed E-state index contributed by atoms with van der Waals surface area (Å²) >= 11 is 0. The van der Waals surface area contributed by atoms with Crippen molar-refractivity contribution in [3.05, 3.63) is 47.0 Å². The van der Waals surface area contributed by atoms with E-state index < -0.39 is 0 Å². The lowest BCUT2D eigenvalue weighted by atomic mass is 10.0. The third-order valence-electron chi connectivity index (χ3n) is 3.04. The van der Waals surface area contributed by atoms with Crippen LogP contribution in [-0.4, -0.2) is 21.7 Å². The van der Waals surface area contributed by atoms with E-state index in [9.17, 15) is 0 Å². The molecular weight excluding hydrogens is 212 g/mol. The standard InChI is InChI=1S/C13H18N4/c1-10-4-3-5-12(11(10)2)8-14-7-6-13-15-9-16-17-13/h3-5,9,14H,6-8H2,1-2H3,(H,15,16,17). The molecule has 1 aromatic heterocycles. The van der Waals surface area contributed by atoms with Crippen molar-refractivity contribution in [1.82, 2.24) is 20.5 Å². The average Bonchev–Trinajstić information content (AvgIpc) is 2.83. The van der Waals surface area contributed by atoms with Crippen LogP contribution in [0.15, 0.2) is 24.5 Å². The number of aromatic amines is 1. The average molecular weight is 230 g/mol. The minimum Gasteiger partial charge on any atom is -0.312 e. The second-order valence-electron chi connectivity index (χ2n) is 4.22. The summed E-state index contributed by atoms with van der Waals surface area (Å²) in [5, 5.41) is 10.1. The number of aromatic nitrogens is 3. The van der Waals surface area contributed by atoms with Gasteiger partial charge in [-0.15, -0.1) is 0 Å². The van der Waals surface area contributed by atoms with Gasteiger partial charge in [0.25, 0.3) is 0 Å². The van der Waals surface area contributed by atoms with Crippen LogP contribution in [0.1, 0.15) is 22.5 Å². The van der Waals surface area contributed by atoms with Gasteiger partial charge in [0.15, 0.2) is 0 Å². The summed E-state index contributed by atoms with van der Waals surface area (Å²) < 4.78 is 0. The molecule has 1 heterocycles. The second kappa shape index (κ2) is 5.59. The number of hydrogen-bond donors (Lipinski definition) is 2. The third kappa shape index (κ3) is 3.14. The molecule has 0 spiro atoms. The van der Waals surface area contributed by atoms with Crippen molar-refractivity contribution in [3.63, 3.8) is 0 Å². The van der Waals surface area contributed by atoms with E-state index >= 15 is 0 Å². The highest BCUT2D eigenvalue weighted by Crippen LogP contribution is 2.11. The van der Waals surface area contributed by atoms with Crippen LogP contribution in [0.3, 0.4) is 0 Å². The normalized spacial score (nSPS) is 10.7. The van der Waals surface area contributed by atoms with Crippen molar-refractivity contribution in [1.29, 1.82) is 0 Å². The number of nitrogens with one attached hydrogen (secondary N) is 2. The van der Waals surface area contributed by atoms with Crippen LogP contribution in [-0.2, 0) is 13.0 Å². The van der Waals surface area contributed by atoms with E-state index in [-0.39, 0.29) is 0 Å². The molecule has 0 bridgehead atoms. The fraction of sp³-hybridized carbons (Fsp3) is 0.385. The number of rotatable bonds is 5. The Bertz CT molecular complexity index is 462. The summed E-state index contributed by atoms with van der Waals surface area (Å²) in [5.41, 5.74) is 4.08. The molecule has 2 N–H and O–H groups in total. The number of aryl methyl sites for hydroxylation is 1. The zero-order valence-electron chi connectivity index (χ0n) is 10.3. The van der Waals surface area contributed by atoms with Crippen molar-refractivity contribution >= 4 is 0 Å². The highest BCUT2D eigenvalue weighted by atomic mass is 15.2. The molecule has 0 amide bonds. The fourth-order valence-electron chi connectivity index (χ4n) is 1.78. The monoisotopic (exact) mass is 230 g/mol. The van der Waals surface area contributed by atoms with Crippen LogP contribution in [0, 0.1) is 13.8 Å². The first-order chi connectivity index (χ1) is 8.27. The highest BCUT2D eigenvalue weighted by Gasteiger charge is 2.00. The maximum absolute atomic E-state index is 4.09. The van der Waals surface area contributed by atoms with Crippen LogP contribution in [0.25, 0.3) is 0 Å². The van der Waals surface area contributed by atoms with E-state index in [0.29, 0.717) is 0 Å². The van der Waals surface area contributed by atoms with Gasteiger partial charge in [-0.25, -0.2) is 4.98 Å². The summed E-state index contributed by atoms with van der Waals surface area (Å²) in [5.74, 6) is 0.929. The van der Waals surface area contributed by atoms with E-state index in [4.69, 9.17) is 0 Å².